The van der Waals surface area contributed by atoms with Crippen LogP contribution in [-0.4, -0.2) is 15.0 Å². The summed E-state index contributed by atoms with van der Waals surface area (Å²) >= 11 is 0. The van der Waals surface area contributed by atoms with E-state index in [9.17, 15) is 17.2 Å². The summed E-state index contributed by atoms with van der Waals surface area (Å²) in [7, 11) is -3.68. The maximum absolute atomic E-state index is 11.8. The third kappa shape index (κ3) is 3.42. The van der Waals surface area contributed by atoms with Crippen molar-refractivity contribution in [1.82, 2.24) is 0 Å². The average molecular weight is 251 g/mol. The molecule has 1 rings (SSSR count). The van der Waals surface area contributed by atoms with Crippen molar-refractivity contribution in [3.63, 3.8) is 0 Å². The Morgan fingerprint density at radius 1 is 1.25 bits per heavy atom. The van der Waals surface area contributed by atoms with E-state index in [4.69, 9.17) is 5.14 Å². The van der Waals surface area contributed by atoms with E-state index in [1.807, 2.05) is 0 Å². The topological polar surface area (TPSA) is 69.4 Å². The van der Waals surface area contributed by atoms with Gasteiger partial charge in [-0.25, -0.2) is 13.6 Å². The van der Waals surface area contributed by atoms with Gasteiger partial charge in [0.2, 0.25) is 10.0 Å². The summed E-state index contributed by atoms with van der Waals surface area (Å²) in [4.78, 5) is 0. The quantitative estimate of drug-likeness (QED) is 0.884. The first kappa shape index (κ1) is 12.9. The molecule has 1 unspecified atom stereocenters. The summed E-state index contributed by atoms with van der Waals surface area (Å²) in [5.74, 6) is -0.0274. The molecule has 1 aromatic carbocycles. The molecule has 2 N–H and O–H groups in total. The van der Waals surface area contributed by atoms with Crippen LogP contribution in [0.25, 0.3) is 0 Å². The van der Waals surface area contributed by atoms with Crippen LogP contribution in [0.1, 0.15) is 17.7 Å². The summed E-state index contributed by atoms with van der Waals surface area (Å²) in [6.07, 6.45) is 0. The number of benzene rings is 1. The number of alkyl halides is 2. The smallest absolute Gasteiger partial charge is 0.387 e. The van der Waals surface area contributed by atoms with Crippen LogP contribution in [0.4, 0.5) is 8.78 Å². The predicted molar refractivity (Wildman–Crippen MR) is 54.6 cm³/mol. The molecule has 4 nitrogen and oxygen atoms in total. The first-order valence-corrected chi connectivity index (χ1v) is 5.98. The Hall–Kier alpha value is -1.21. The maximum atomic E-state index is 11.8. The zero-order valence-corrected chi connectivity index (χ0v) is 9.25. The normalized spacial score (nSPS) is 13.8. The van der Waals surface area contributed by atoms with Crippen molar-refractivity contribution < 1.29 is 21.9 Å². The molecule has 0 spiro atoms. The molecule has 0 aliphatic carbocycles. The second kappa shape index (κ2) is 4.75. The van der Waals surface area contributed by atoms with Crippen LogP contribution in [0.5, 0.6) is 5.75 Å². The van der Waals surface area contributed by atoms with Crippen molar-refractivity contribution >= 4 is 10.0 Å². The predicted octanol–water partition coefficient (Wildman–Crippen LogP) is 1.64. The highest BCUT2D eigenvalue weighted by atomic mass is 32.2. The van der Waals surface area contributed by atoms with Crippen molar-refractivity contribution in [3.05, 3.63) is 29.8 Å². The van der Waals surface area contributed by atoms with Crippen molar-refractivity contribution in [1.29, 1.82) is 0 Å². The molecule has 0 bridgehead atoms. The lowest BCUT2D eigenvalue weighted by atomic mass is 10.2. The highest BCUT2D eigenvalue weighted by molar-refractivity contribution is 7.89. The Morgan fingerprint density at radius 2 is 1.75 bits per heavy atom. The van der Waals surface area contributed by atoms with Gasteiger partial charge in [-0.2, -0.15) is 8.78 Å². The van der Waals surface area contributed by atoms with Gasteiger partial charge < -0.3 is 4.74 Å². The highest BCUT2D eigenvalue weighted by Crippen LogP contribution is 2.22. The molecule has 0 fully saturated rings. The molecule has 0 aliphatic rings. The largest absolute Gasteiger partial charge is 0.435 e. The van der Waals surface area contributed by atoms with Gasteiger partial charge in [0.05, 0.1) is 5.25 Å². The van der Waals surface area contributed by atoms with Gasteiger partial charge in [-0.3, -0.25) is 0 Å². The first-order valence-electron chi connectivity index (χ1n) is 4.37. The molecule has 0 radical (unpaired) electrons. The van der Waals surface area contributed by atoms with Gasteiger partial charge >= 0.3 is 6.61 Å². The summed E-state index contributed by atoms with van der Waals surface area (Å²) in [6, 6.07) is 5.30. The van der Waals surface area contributed by atoms with Crippen molar-refractivity contribution in [2.75, 3.05) is 0 Å². The number of halogens is 2. The van der Waals surface area contributed by atoms with E-state index in [1.54, 1.807) is 0 Å². The average Bonchev–Trinajstić information content (AvgIpc) is 2.15. The second-order valence-electron chi connectivity index (χ2n) is 3.18. The molecule has 1 atom stereocenters. The molecule has 16 heavy (non-hydrogen) atoms. The number of rotatable bonds is 4. The Bertz CT molecular complexity index is 444. The lowest BCUT2D eigenvalue weighted by molar-refractivity contribution is -0.0498. The van der Waals surface area contributed by atoms with E-state index in [0.29, 0.717) is 5.56 Å². The number of hydrogen-bond acceptors (Lipinski definition) is 3. The van der Waals surface area contributed by atoms with Crippen molar-refractivity contribution in [3.8, 4) is 5.75 Å². The van der Waals surface area contributed by atoms with Gasteiger partial charge in [0.15, 0.2) is 0 Å². The molecule has 0 heterocycles. The summed E-state index contributed by atoms with van der Waals surface area (Å²) in [5, 5.41) is 4.07. The molecule has 90 valence electrons. The third-order valence-corrected chi connectivity index (χ3v) is 3.33. The van der Waals surface area contributed by atoms with Crippen LogP contribution in [0.3, 0.4) is 0 Å². The van der Waals surface area contributed by atoms with Crippen LogP contribution < -0.4 is 9.88 Å². The fourth-order valence-corrected chi connectivity index (χ4v) is 1.65. The number of sulfonamides is 1. The van der Waals surface area contributed by atoms with Crippen LogP contribution in [0.2, 0.25) is 0 Å². The molecule has 0 aromatic heterocycles. The van der Waals surface area contributed by atoms with Crippen molar-refractivity contribution in [2.24, 2.45) is 5.14 Å². The Kier molecular flexibility index (Phi) is 3.82. The standard InChI is InChI=1S/C9H11F2NO3S/c1-6(16(12,13)14)7-2-4-8(5-3-7)15-9(10)11/h2-6,9H,1H3,(H2,12,13,14). The van der Waals surface area contributed by atoms with Gasteiger partial charge in [0, 0.05) is 0 Å². The Morgan fingerprint density at radius 3 is 2.12 bits per heavy atom. The van der Waals surface area contributed by atoms with E-state index in [1.165, 1.54) is 31.2 Å². The molecule has 1 aromatic rings. The fourth-order valence-electron chi connectivity index (χ4n) is 1.11. The van der Waals surface area contributed by atoms with E-state index >= 15 is 0 Å². The van der Waals surface area contributed by atoms with Crippen LogP contribution >= 0.6 is 0 Å². The van der Waals surface area contributed by atoms with Gasteiger partial charge in [-0.15, -0.1) is 0 Å². The number of ether oxygens (including phenoxy) is 1. The minimum Gasteiger partial charge on any atom is -0.435 e. The fraction of sp³-hybridized carbons (Fsp3) is 0.333. The molecule has 7 heteroatoms. The van der Waals surface area contributed by atoms with Gasteiger partial charge in [-0.1, -0.05) is 12.1 Å². The lowest BCUT2D eigenvalue weighted by Gasteiger charge is -2.10. The summed E-state index contributed by atoms with van der Waals surface area (Å²) in [5.41, 5.74) is 0.420. The molecular formula is C9H11F2NO3S. The molecule has 0 amide bonds. The molecular weight excluding hydrogens is 240 g/mol. The Labute approximate surface area is 92.1 Å². The first-order chi connectivity index (χ1) is 7.30. The summed E-state index contributed by atoms with van der Waals surface area (Å²) < 4.78 is 49.8. The van der Waals surface area contributed by atoms with E-state index in [2.05, 4.69) is 4.74 Å². The lowest BCUT2D eigenvalue weighted by Crippen LogP contribution is -2.19. The highest BCUT2D eigenvalue weighted by Gasteiger charge is 2.17. The molecule has 0 aliphatic heterocycles. The number of nitrogens with two attached hydrogens (primary N) is 1. The zero-order valence-electron chi connectivity index (χ0n) is 8.43. The van der Waals surface area contributed by atoms with E-state index in [-0.39, 0.29) is 5.75 Å². The zero-order chi connectivity index (χ0) is 12.3. The van der Waals surface area contributed by atoms with Crippen LogP contribution in [0.15, 0.2) is 24.3 Å². The van der Waals surface area contributed by atoms with E-state index < -0.39 is 21.9 Å². The van der Waals surface area contributed by atoms with Gasteiger partial charge in [0.25, 0.3) is 0 Å². The minimum atomic E-state index is -3.68. The third-order valence-electron chi connectivity index (χ3n) is 2.07. The second-order valence-corrected chi connectivity index (χ2v) is 5.06. The maximum Gasteiger partial charge on any atom is 0.387 e. The van der Waals surface area contributed by atoms with Crippen LogP contribution in [-0.2, 0) is 10.0 Å². The SMILES string of the molecule is CC(c1ccc(OC(F)F)cc1)S(N)(=O)=O. The van der Waals surface area contributed by atoms with Crippen molar-refractivity contribution in [2.45, 2.75) is 18.8 Å². The van der Waals surface area contributed by atoms with Crippen LogP contribution in [0, 0.1) is 0 Å². The Balaban J connectivity index is 2.87. The summed E-state index contributed by atoms with van der Waals surface area (Å²) in [6.45, 7) is -1.49. The monoisotopic (exact) mass is 251 g/mol. The van der Waals surface area contributed by atoms with E-state index in [0.717, 1.165) is 0 Å². The van der Waals surface area contributed by atoms with Gasteiger partial charge in [-0.05, 0) is 24.6 Å². The number of hydrogen-bond donors (Lipinski definition) is 1. The van der Waals surface area contributed by atoms with Gasteiger partial charge in [0.1, 0.15) is 5.75 Å². The molecule has 0 saturated carbocycles. The number of primary sulfonamides is 1. The minimum absolute atomic E-state index is 0.0274. The molecule has 0 saturated heterocycles.